The van der Waals surface area contributed by atoms with Crippen LogP contribution in [-0.2, 0) is 23.7 Å². The predicted octanol–water partition coefficient (Wildman–Crippen LogP) is -0.543. The maximum atomic E-state index is 5.36. The Morgan fingerprint density at radius 3 is 2.58 bits per heavy atom. The van der Waals surface area contributed by atoms with Crippen molar-refractivity contribution in [3.63, 3.8) is 0 Å². The van der Waals surface area contributed by atoms with Gasteiger partial charge in [-0.25, -0.2) is 0 Å². The molecule has 12 heavy (non-hydrogen) atoms. The lowest BCUT2D eigenvalue weighted by Gasteiger charge is -2.30. The Morgan fingerprint density at radius 2 is 1.58 bits per heavy atom. The summed E-state index contributed by atoms with van der Waals surface area (Å²) in [4.78, 5) is 0. The van der Waals surface area contributed by atoms with E-state index in [1.54, 1.807) is 0 Å². The molecule has 0 aliphatic carbocycles. The van der Waals surface area contributed by atoms with Gasteiger partial charge in [-0.05, 0) is 0 Å². The Kier molecular flexibility index (Phi) is 1.59. The number of rotatable bonds is 0. The van der Waals surface area contributed by atoms with Crippen molar-refractivity contribution in [1.82, 2.24) is 0 Å². The Balaban J connectivity index is 1.81. The molecule has 0 aromatic rings. The number of ether oxygens (including phenoxy) is 5. The third kappa shape index (κ3) is 0.915. The summed E-state index contributed by atoms with van der Waals surface area (Å²) in [6.07, 6.45) is -0.349. The smallest absolute Gasteiger partial charge is 0.189 e. The van der Waals surface area contributed by atoms with Crippen molar-refractivity contribution < 1.29 is 23.7 Å². The van der Waals surface area contributed by atoms with Gasteiger partial charge in [-0.3, -0.25) is 0 Å². The molecule has 3 rings (SSSR count). The molecule has 0 bridgehead atoms. The molecule has 3 fully saturated rings. The third-order valence-electron chi connectivity index (χ3n) is 2.42. The molecule has 5 heteroatoms. The molecule has 0 aromatic carbocycles. The van der Waals surface area contributed by atoms with Crippen molar-refractivity contribution in [2.45, 2.75) is 24.6 Å². The summed E-state index contributed by atoms with van der Waals surface area (Å²) in [5.74, 6) is 0. The van der Waals surface area contributed by atoms with Crippen LogP contribution in [-0.4, -0.2) is 44.8 Å². The lowest BCUT2D eigenvalue weighted by Crippen LogP contribution is -2.49. The fourth-order valence-electron chi connectivity index (χ4n) is 1.80. The van der Waals surface area contributed by atoms with Crippen LogP contribution in [0, 0.1) is 0 Å². The van der Waals surface area contributed by atoms with Crippen molar-refractivity contribution in [2.24, 2.45) is 0 Å². The fourth-order valence-corrected chi connectivity index (χ4v) is 1.80. The second kappa shape index (κ2) is 2.65. The first kappa shape index (κ1) is 7.23. The van der Waals surface area contributed by atoms with E-state index in [4.69, 9.17) is 23.7 Å². The summed E-state index contributed by atoms with van der Waals surface area (Å²) >= 11 is 0. The summed E-state index contributed by atoms with van der Waals surface area (Å²) in [6, 6.07) is 0. The molecular formula is C7H10O5. The summed E-state index contributed by atoms with van der Waals surface area (Å²) in [7, 11) is 0. The zero-order valence-corrected chi connectivity index (χ0v) is 6.47. The van der Waals surface area contributed by atoms with E-state index in [9.17, 15) is 0 Å². The average molecular weight is 174 g/mol. The van der Waals surface area contributed by atoms with E-state index in [0.717, 1.165) is 0 Å². The van der Waals surface area contributed by atoms with E-state index >= 15 is 0 Å². The van der Waals surface area contributed by atoms with Gasteiger partial charge in [0.15, 0.2) is 13.1 Å². The number of hydrogen-bond acceptors (Lipinski definition) is 5. The topological polar surface area (TPSA) is 46.2 Å². The average Bonchev–Trinajstić information content (AvgIpc) is 2.71. The molecule has 0 amide bonds. The molecule has 3 heterocycles. The van der Waals surface area contributed by atoms with E-state index in [2.05, 4.69) is 0 Å². The highest BCUT2D eigenvalue weighted by Gasteiger charge is 2.49. The predicted molar refractivity (Wildman–Crippen MR) is 35.2 cm³/mol. The van der Waals surface area contributed by atoms with Crippen LogP contribution in [0.2, 0.25) is 0 Å². The van der Waals surface area contributed by atoms with E-state index < -0.39 is 0 Å². The highest BCUT2D eigenvalue weighted by molar-refractivity contribution is 4.89. The van der Waals surface area contributed by atoms with Gasteiger partial charge < -0.3 is 23.7 Å². The molecule has 5 nitrogen and oxygen atoms in total. The summed E-state index contributed by atoms with van der Waals surface area (Å²) < 4.78 is 26.5. The monoisotopic (exact) mass is 174 g/mol. The Morgan fingerprint density at radius 1 is 0.750 bits per heavy atom. The Hall–Kier alpha value is -0.200. The minimum atomic E-state index is -0.257. The van der Waals surface area contributed by atoms with Gasteiger partial charge in [0, 0.05) is 0 Å². The zero-order valence-electron chi connectivity index (χ0n) is 6.47. The maximum absolute atomic E-state index is 5.36. The molecule has 68 valence electrons. The molecule has 0 aromatic heterocycles. The van der Waals surface area contributed by atoms with Gasteiger partial charge in [0.1, 0.15) is 25.1 Å². The van der Waals surface area contributed by atoms with Gasteiger partial charge in [-0.15, -0.1) is 0 Å². The van der Waals surface area contributed by atoms with Crippen LogP contribution >= 0.6 is 0 Å². The fraction of sp³-hybridized carbons (Fsp3) is 1.00. The highest BCUT2D eigenvalue weighted by Crippen LogP contribution is 2.30. The lowest BCUT2D eigenvalue weighted by molar-refractivity contribution is -0.180. The van der Waals surface area contributed by atoms with Crippen molar-refractivity contribution in [1.29, 1.82) is 0 Å². The van der Waals surface area contributed by atoms with Crippen molar-refractivity contribution in [3.8, 4) is 0 Å². The minimum Gasteiger partial charge on any atom is -0.347 e. The van der Waals surface area contributed by atoms with Gasteiger partial charge in [0.05, 0.1) is 6.61 Å². The number of hydrogen-bond donors (Lipinski definition) is 0. The van der Waals surface area contributed by atoms with Gasteiger partial charge >= 0.3 is 0 Å². The van der Waals surface area contributed by atoms with Gasteiger partial charge in [-0.1, -0.05) is 0 Å². The molecule has 3 aliphatic rings. The first-order valence-corrected chi connectivity index (χ1v) is 4.03. The van der Waals surface area contributed by atoms with Gasteiger partial charge in [0.25, 0.3) is 0 Å². The Bertz CT molecular complexity index is 165. The molecule has 3 saturated heterocycles. The molecule has 0 unspecified atom stereocenters. The van der Waals surface area contributed by atoms with Gasteiger partial charge in [-0.2, -0.15) is 0 Å². The van der Waals surface area contributed by atoms with Crippen LogP contribution in [0.25, 0.3) is 0 Å². The SMILES string of the molecule is C1O[C@@H]2OC[C@H]3OCO[C@H]3[C@@H]2O1. The molecule has 0 spiro atoms. The van der Waals surface area contributed by atoms with E-state index in [0.29, 0.717) is 20.2 Å². The zero-order chi connectivity index (χ0) is 7.97. The van der Waals surface area contributed by atoms with Crippen LogP contribution in [0.4, 0.5) is 0 Å². The standard InChI is InChI=1S/C7H10O5/c1-4-5(10-2-9-4)6-7(8-1)12-3-11-6/h4-7H,1-3H2/t4-,5-,6+,7+/m1/s1. The third-order valence-corrected chi connectivity index (χ3v) is 2.42. The second-order valence-corrected chi connectivity index (χ2v) is 3.07. The Labute approximate surface area is 69.5 Å². The molecule has 3 aliphatic heterocycles. The van der Waals surface area contributed by atoms with Crippen LogP contribution in [0.3, 0.4) is 0 Å². The summed E-state index contributed by atoms with van der Waals surface area (Å²) in [6.45, 7) is 1.17. The van der Waals surface area contributed by atoms with Crippen molar-refractivity contribution in [2.75, 3.05) is 20.2 Å². The normalized spacial score (nSPS) is 52.0. The highest BCUT2D eigenvalue weighted by atomic mass is 16.8. The van der Waals surface area contributed by atoms with Crippen molar-refractivity contribution in [3.05, 3.63) is 0 Å². The largest absolute Gasteiger partial charge is 0.347 e. The molecule has 0 saturated carbocycles. The van der Waals surface area contributed by atoms with Crippen LogP contribution < -0.4 is 0 Å². The minimum absolute atomic E-state index is 0.00810. The van der Waals surface area contributed by atoms with Crippen LogP contribution in [0.1, 0.15) is 0 Å². The molecule has 4 atom stereocenters. The maximum Gasteiger partial charge on any atom is 0.189 e. The van der Waals surface area contributed by atoms with E-state index in [-0.39, 0.29) is 24.6 Å². The number of fused-ring (bicyclic) bond motifs is 3. The van der Waals surface area contributed by atoms with Gasteiger partial charge in [0.2, 0.25) is 0 Å². The lowest BCUT2D eigenvalue weighted by atomic mass is 10.1. The van der Waals surface area contributed by atoms with Crippen LogP contribution in [0.5, 0.6) is 0 Å². The van der Waals surface area contributed by atoms with E-state index in [1.165, 1.54) is 0 Å². The first-order valence-electron chi connectivity index (χ1n) is 4.03. The molecule has 0 N–H and O–H groups in total. The molecular weight excluding hydrogens is 164 g/mol. The quantitative estimate of drug-likeness (QED) is 0.493. The summed E-state index contributed by atoms with van der Waals surface area (Å²) in [5, 5.41) is 0. The second-order valence-electron chi connectivity index (χ2n) is 3.07. The first-order chi connectivity index (χ1) is 5.95. The van der Waals surface area contributed by atoms with Crippen LogP contribution in [0.15, 0.2) is 0 Å². The van der Waals surface area contributed by atoms with Crippen molar-refractivity contribution >= 4 is 0 Å². The summed E-state index contributed by atoms with van der Waals surface area (Å²) in [5.41, 5.74) is 0. The van der Waals surface area contributed by atoms with E-state index in [1.807, 2.05) is 0 Å². The molecule has 0 radical (unpaired) electrons.